The highest BCUT2D eigenvalue weighted by molar-refractivity contribution is 6.16. The minimum absolute atomic E-state index is 0.0218. The summed E-state index contributed by atoms with van der Waals surface area (Å²) in [6.45, 7) is 3.51. The average molecular weight is 557 g/mol. The van der Waals surface area contributed by atoms with Crippen molar-refractivity contribution >= 4 is 22.4 Å². The first-order valence-corrected chi connectivity index (χ1v) is 14.1. The summed E-state index contributed by atoms with van der Waals surface area (Å²) in [6, 6.07) is 15.6. The Balaban J connectivity index is 1.31. The van der Waals surface area contributed by atoms with Gasteiger partial charge in [0.15, 0.2) is 0 Å². The fourth-order valence-electron chi connectivity index (χ4n) is 6.93. The van der Waals surface area contributed by atoms with Gasteiger partial charge in [-0.25, -0.2) is 8.78 Å². The van der Waals surface area contributed by atoms with Gasteiger partial charge in [-0.15, -0.1) is 0 Å². The van der Waals surface area contributed by atoms with Gasteiger partial charge in [-0.1, -0.05) is 43.3 Å². The number of phenols is 1. The zero-order valence-corrected chi connectivity index (χ0v) is 22.7. The molecule has 1 aromatic heterocycles. The van der Waals surface area contributed by atoms with Gasteiger partial charge in [-0.2, -0.15) is 9.97 Å². The highest BCUT2D eigenvalue weighted by Gasteiger charge is 2.49. The van der Waals surface area contributed by atoms with Gasteiger partial charge in [0, 0.05) is 30.0 Å². The molecule has 210 valence electrons. The van der Waals surface area contributed by atoms with Crippen molar-refractivity contribution in [2.45, 2.75) is 50.9 Å². The van der Waals surface area contributed by atoms with Gasteiger partial charge in [-0.3, -0.25) is 9.69 Å². The van der Waals surface area contributed by atoms with Crippen LogP contribution < -0.4 is 9.64 Å². The van der Waals surface area contributed by atoms with Crippen molar-refractivity contribution in [2.75, 3.05) is 24.6 Å². The number of nitrogens with zero attached hydrogens (tertiary/aromatic N) is 4. The summed E-state index contributed by atoms with van der Waals surface area (Å²) in [5.74, 6) is -0.717. The van der Waals surface area contributed by atoms with E-state index < -0.39 is 6.17 Å². The molecular weight excluding hydrogens is 526 g/mol. The summed E-state index contributed by atoms with van der Waals surface area (Å²) in [5, 5.41) is 11.8. The Morgan fingerprint density at radius 3 is 2.78 bits per heavy atom. The summed E-state index contributed by atoms with van der Waals surface area (Å²) in [6.07, 6.45) is 1.83. The Kier molecular flexibility index (Phi) is 6.15. The topological polar surface area (TPSA) is 78.8 Å². The Hall–Kier alpha value is -4.11. The number of carbonyl (C=O) groups is 1. The SMILES string of the molecule is CCc1c(F)ccc2cc(O)cc(N3Cc4nc(OCC56CCCN5CC(F)C6)nc(-c5ccccc5)c4C3=O)c12. The molecule has 41 heavy (non-hydrogen) atoms. The number of aromatic hydroxyl groups is 1. The zero-order chi connectivity index (χ0) is 28.3. The van der Waals surface area contributed by atoms with Crippen molar-refractivity contribution in [1.29, 1.82) is 0 Å². The lowest BCUT2D eigenvalue weighted by Gasteiger charge is -2.30. The van der Waals surface area contributed by atoms with Crippen molar-refractivity contribution in [3.05, 3.63) is 77.2 Å². The van der Waals surface area contributed by atoms with Crippen molar-refractivity contribution in [3.63, 3.8) is 0 Å². The number of rotatable bonds is 6. The Morgan fingerprint density at radius 1 is 1.15 bits per heavy atom. The van der Waals surface area contributed by atoms with Crippen molar-refractivity contribution in [2.24, 2.45) is 0 Å². The maximum Gasteiger partial charge on any atom is 0.317 e. The molecule has 3 aliphatic heterocycles. The normalized spacial score (nSPS) is 22.0. The number of fused-ring (bicyclic) bond motifs is 3. The number of ether oxygens (including phenoxy) is 1. The number of alkyl halides is 1. The summed E-state index contributed by atoms with van der Waals surface area (Å²) < 4.78 is 35.4. The Morgan fingerprint density at radius 2 is 1.98 bits per heavy atom. The number of anilines is 1. The number of benzene rings is 3. The smallest absolute Gasteiger partial charge is 0.317 e. The standard InChI is InChI=1S/C32H30F2N4O3/c1-2-23-24(34)10-9-20-13-22(39)14-26(27(20)23)38-17-25-28(30(38)40)29(19-7-4-3-5-8-19)36-31(35-25)41-18-32-11-6-12-37(32)16-21(33)15-32/h3-5,7-10,13-14,21,39H,2,6,11-12,15-18H2,1H3. The van der Waals surface area contributed by atoms with Crippen LogP contribution in [0.4, 0.5) is 14.5 Å². The van der Waals surface area contributed by atoms with E-state index in [-0.39, 0.29) is 42.2 Å². The number of hydrogen-bond donors (Lipinski definition) is 1. The predicted octanol–water partition coefficient (Wildman–Crippen LogP) is 5.82. The molecule has 0 aliphatic carbocycles. The molecule has 0 spiro atoms. The lowest BCUT2D eigenvalue weighted by atomic mass is 9.95. The van der Waals surface area contributed by atoms with Crippen LogP contribution in [0.2, 0.25) is 0 Å². The fourth-order valence-corrected chi connectivity index (χ4v) is 6.93. The average Bonchev–Trinajstić information content (AvgIpc) is 3.61. The molecule has 2 fully saturated rings. The molecule has 3 aromatic carbocycles. The first-order valence-electron chi connectivity index (χ1n) is 14.1. The molecule has 7 rings (SSSR count). The molecular formula is C32H30F2N4O3. The van der Waals surface area contributed by atoms with E-state index in [1.807, 2.05) is 37.3 Å². The van der Waals surface area contributed by atoms with E-state index in [2.05, 4.69) is 9.88 Å². The monoisotopic (exact) mass is 556 g/mol. The molecule has 7 nitrogen and oxygen atoms in total. The molecule has 0 bridgehead atoms. The fraction of sp³-hybridized carbons (Fsp3) is 0.344. The number of halogens is 2. The minimum atomic E-state index is -0.874. The quantitative estimate of drug-likeness (QED) is 0.323. The van der Waals surface area contributed by atoms with E-state index in [0.29, 0.717) is 58.4 Å². The third-order valence-electron chi connectivity index (χ3n) is 8.78. The largest absolute Gasteiger partial charge is 0.508 e. The third-order valence-corrected chi connectivity index (χ3v) is 8.78. The van der Waals surface area contributed by atoms with Gasteiger partial charge in [0.2, 0.25) is 0 Å². The van der Waals surface area contributed by atoms with E-state index in [4.69, 9.17) is 9.72 Å². The lowest BCUT2D eigenvalue weighted by Crippen LogP contribution is -2.43. The van der Waals surface area contributed by atoms with Gasteiger partial charge in [0.1, 0.15) is 24.3 Å². The van der Waals surface area contributed by atoms with E-state index >= 15 is 0 Å². The molecule has 2 saturated heterocycles. The van der Waals surface area contributed by atoms with Crippen LogP contribution in [-0.2, 0) is 13.0 Å². The van der Waals surface area contributed by atoms with Crippen LogP contribution in [0.1, 0.15) is 47.8 Å². The molecule has 2 unspecified atom stereocenters. The third kappa shape index (κ3) is 4.22. The molecule has 4 aromatic rings. The van der Waals surface area contributed by atoms with Crippen LogP contribution in [0.25, 0.3) is 22.0 Å². The van der Waals surface area contributed by atoms with Crippen LogP contribution in [0.3, 0.4) is 0 Å². The van der Waals surface area contributed by atoms with Crippen LogP contribution in [-0.4, -0.2) is 57.3 Å². The van der Waals surface area contributed by atoms with Gasteiger partial charge in [0.05, 0.1) is 34.7 Å². The first-order chi connectivity index (χ1) is 19.9. The number of phenolic OH excluding ortho intramolecular Hbond substituents is 1. The van der Waals surface area contributed by atoms with Gasteiger partial charge in [-0.05, 0) is 48.9 Å². The van der Waals surface area contributed by atoms with Crippen molar-refractivity contribution < 1.29 is 23.4 Å². The lowest BCUT2D eigenvalue weighted by molar-refractivity contribution is 0.0996. The van der Waals surface area contributed by atoms with Crippen molar-refractivity contribution in [1.82, 2.24) is 14.9 Å². The Labute approximate surface area is 236 Å². The Bertz CT molecular complexity index is 1680. The number of aryl methyl sites for hydroxylation is 1. The molecule has 0 radical (unpaired) electrons. The number of hydrogen-bond acceptors (Lipinski definition) is 6. The molecule has 1 amide bonds. The van der Waals surface area contributed by atoms with Gasteiger partial charge < -0.3 is 14.7 Å². The second-order valence-corrected chi connectivity index (χ2v) is 11.2. The second kappa shape index (κ2) is 9.76. The van der Waals surface area contributed by atoms with E-state index in [1.54, 1.807) is 12.1 Å². The van der Waals surface area contributed by atoms with Gasteiger partial charge >= 0.3 is 6.01 Å². The molecule has 1 N–H and O–H groups in total. The molecule has 2 atom stereocenters. The van der Waals surface area contributed by atoms with Crippen LogP contribution >= 0.6 is 0 Å². The number of aromatic nitrogens is 2. The maximum absolute atomic E-state index is 14.9. The molecule has 0 saturated carbocycles. The first kappa shape index (κ1) is 25.8. The van der Waals surface area contributed by atoms with Crippen molar-refractivity contribution in [3.8, 4) is 23.0 Å². The number of amides is 1. The summed E-state index contributed by atoms with van der Waals surface area (Å²) in [4.78, 5) is 27.2. The van der Waals surface area contributed by atoms with E-state index in [1.165, 1.54) is 17.0 Å². The molecule has 4 heterocycles. The minimum Gasteiger partial charge on any atom is -0.508 e. The summed E-state index contributed by atoms with van der Waals surface area (Å²) in [7, 11) is 0. The predicted molar refractivity (Wildman–Crippen MR) is 151 cm³/mol. The van der Waals surface area contributed by atoms with Crippen LogP contribution in [0.5, 0.6) is 11.8 Å². The highest BCUT2D eigenvalue weighted by atomic mass is 19.1. The summed E-state index contributed by atoms with van der Waals surface area (Å²) in [5.41, 5.74) is 2.54. The van der Waals surface area contributed by atoms with Crippen LogP contribution in [0.15, 0.2) is 54.6 Å². The molecule has 3 aliphatic rings. The number of carbonyl (C=O) groups excluding carboxylic acids is 1. The summed E-state index contributed by atoms with van der Waals surface area (Å²) >= 11 is 0. The van der Waals surface area contributed by atoms with E-state index in [0.717, 1.165) is 24.9 Å². The second-order valence-electron chi connectivity index (χ2n) is 11.2. The van der Waals surface area contributed by atoms with Crippen LogP contribution in [0, 0.1) is 5.82 Å². The highest BCUT2D eigenvalue weighted by Crippen LogP contribution is 2.42. The zero-order valence-electron chi connectivity index (χ0n) is 22.7. The molecule has 9 heteroatoms. The van der Waals surface area contributed by atoms with Gasteiger partial charge in [0.25, 0.3) is 5.91 Å². The maximum atomic E-state index is 14.9. The van der Waals surface area contributed by atoms with E-state index in [9.17, 15) is 18.7 Å².